The first-order chi connectivity index (χ1) is 23.6. The normalized spacial score (nSPS) is 13.4. The lowest BCUT2D eigenvalue weighted by Gasteiger charge is -2.21. The molecule has 0 fully saturated rings. The van der Waals surface area contributed by atoms with Gasteiger partial charge in [-0.25, -0.2) is 9.97 Å². The van der Waals surface area contributed by atoms with E-state index in [2.05, 4.69) is 170 Å². The van der Waals surface area contributed by atoms with E-state index in [9.17, 15) is 0 Å². The van der Waals surface area contributed by atoms with E-state index in [1.807, 2.05) is 0 Å². The molecule has 0 atom stereocenters. The fourth-order valence-electron chi connectivity index (χ4n) is 8.13. The number of benzene rings is 7. The number of fused-ring (bicyclic) bond motifs is 9. The quantitative estimate of drug-likeness (QED) is 0.198. The maximum absolute atomic E-state index is 5.41. The zero-order chi connectivity index (χ0) is 32.0. The summed E-state index contributed by atoms with van der Waals surface area (Å²) in [5, 5.41) is 5.79. The van der Waals surface area contributed by atoms with Crippen LogP contribution in [0.5, 0.6) is 0 Å². The number of hydrogen-bond donors (Lipinski definition) is 0. The standard InChI is InChI=1S/C45H31N3/c1-45(2)38-21-10-8-17-33(38)37-27-30(24-26-39(37)45)32-19-12-20-34-35-25-23-28-13-6-7-16-31(28)42(35)48(43(32)34)44-46-40-22-11-9-18-36(40)41(47-44)29-14-4-3-5-15-29/h3-27H,1-2H3. The van der Waals surface area contributed by atoms with Crippen molar-refractivity contribution in [3.8, 4) is 39.5 Å². The fourth-order valence-corrected chi connectivity index (χ4v) is 8.13. The van der Waals surface area contributed by atoms with Crippen molar-refractivity contribution in [2.24, 2.45) is 0 Å². The van der Waals surface area contributed by atoms with Crippen LogP contribution < -0.4 is 0 Å². The van der Waals surface area contributed by atoms with Crippen molar-refractivity contribution < 1.29 is 0 Å². The molecule has 1 aliphatic rings. The predicted molar refractivity (Wildman–Crippen MR) is 200 cm³/mol. The van der Waals surface area contributed by atoms with Gasteiger partial charge in [0.15, 0.2) is 0 Å². The molecule has 0 unspecified atom stereocenters. The van der Waals surface area contributed by atoms with Crippen LogP contribution in [0.3, 0.4) is 0 Å². The second kappa shape index (κ2) is 9.97. The molecule has 0 amide bonds. The Morgan fingerprint density at radius 3 is 2.04 bits per heavy atom. The lowest BCUT2D eigenvalue weighted by atomic mass is 9.82. The zero-order valence-electron chi connectivity index (χ0n) is 26.8. The van der Waals surface area contributed by atoms with Crippen molar-refractivity contribution in [2.75, 3.05) is 0 Å². The summed E-state index contributed by atoms with van der Waals surface area (Å²) < 4.78 is 2.33. The Labute approximate surface area is 278 Å². The number of aromatic nitrogens is 3. The monoisotopic (exact) mass is 613 g/mol. The summed E-state index contributed by atoms with van der Waals surface area (Å²) in [6.07, 6.45) is 0. The first kappa shape index (κ1) is 27.1. The molecular weight excluding hydrogens is 583 g/mol. The fraction of sp³-hybridized carbons (Fsp3) is 0.0667. The van der Waals surface area contributed by atoms with Gasteiger partial charge in [0.25, 0.3) is 0 Å². The molecule has 9 aromatic rings. The summed E-state index contributed by atoms with van der Waals surface area (Å²) in [6, 6.07) is 54.6. The summed E-state index contributed by atoms with van der Waals surface area (Å²) in [4.78, 5) is 10.7. The van der Waals surface area contributed by atoms with Crippen LogP contribution in [-0.4, -0.2) is 14.5 Å². The van der Waals surface area contributed by atoms with Crippen molar-refractivity contribution in [1.29, 1.82) is 0 Å². The molecule has 0 N–H and O–H groups in total. The molecule has 226 valence electrons. The smallest absolute Gasteiger partial charge is 0.235 e. The van der Waals surface area contributed by atoms with Crippen LogP contribution in [0.2, 0.25) is 0 Å². The van der Waals surface area contributed by atoms with Crippen molar-refractivity contribution in [3.63, 3.8) is 0 Å². The minimum absolute atomic E-state index is 0.0446. The van der Waals surface area contributed by atoms with E-state index in [0.717, 1.165) is 38.8 Å². The van der Waals surface area contributed by atoms with Gasteiger partial charge in [0.2, 0.25) is 5.95 Å². The average Bonchev–Trinajstić information content (AvgIpc) is 3.60. The summed E-state index contributed by atoms with van der Waals surface area (Å²) in [6.45, 7) is 4.67. The summed E-state index contributed by atoms with van der Waals surface area (Å²) in [7, 11) is 0. The van der Waals surface area contributed by atoms with Crippen molar-refractivity contribution in [3.05, 3.63) is 163 Å². The Bertz CT molecular complexity index is 2750. The van der Waals surface area contributed by atoms with E-state index in [4.69, 9.17) is 9.97 Å². The minimum atomic E-state index is -0.0446. The Balaban J connectivity index is 1.34. The van der Waals surface area contributed by atoms with Gasteiger partial charge in [-0.1, -0.05) is 153 Å². The molecule has 0 aliphatic heterocycles. The summed E-state index contributed by atoms with van der Waals surface area (Å²) in [5.41, 5.74) is 12.9. The highest BCUT2D eigenvalue weighted by molar-refractivity contribution is 6.21. The van der Waals surface area contributed by atoms with Crippen LogP contribution in [0.15, 0.2) is 152 Å². The Morgan fingerprint density at radius 2 is 1.15 bits per heavy atom. The largest absolute Gasteiger partial charge is 0.277 e. The van der Waals surface area contributed by atoms with E-state index in [1.165, 1.54) is 49.4 Å². The lowest BCUT2D eigenvalue weighted by Crippen LogP contribution is -2.14. The minimum Gasteiger partial charge on any atom is -0.277 e. The molecule has 0 bridgehead atoms. The highest BCUT2D eigenvalue weighted by Crippen LogP contribution is 2.50. The molecule has 48 heavy (non-hydrogen) atoms. The number of rotatable bonds is 3. The molecule has 2 aromatic heterocycles. The number of hydrogen-bond acceptors (Lipinski definition) is 2. The zero-order valence-corrected chi connectivity index (χ0v) is 26.8. The third-order valence-electron chi connectivity index (χ3n) is 10.4. The molecule has 3 nitrogen and oxygen atoms in total. The van der Waals surface area contributed by atoms with Gasteiger partial charge in [-0.15, -0.1) is 0 Å². The first-order valence-corrected chi connectivity index (χ1v) is 16.6. The highest BCUT2D eigenvalue weighted by atomic mass is 15.2. The van der Waals surface area contributed by atoms with Crippen molar-refractivity contribution in [1.82, 2.24) is 14.5 Å². The molecule has 3 heteroatoms. The van der Waals surface area contributed by atoms with Crippen LogP contribution in [0, 0.1) is 0 Å². The molecule has 0 saturated heterocycles. The van der Waals surface area contributed by atoms with Gasteiger partial charge >= 0.3 is 0 Å². The van der Waals surface area contributed by atoms with Gasteiger partial charge in [0, 0.05) is 38.1 Å². The SMILES string of the molecule is CC1(C)c2ccccc2-c2cc(-c3cccc4c5ccc6ccccc6c5n(-c5nc(-c6ccccc6)c6ccccc6n5)c34)ccc21. The van der Waals surface area contributed by atoms with Crippen LogP contribution in [0.1, 0.15) is 25.0 Å². The van der Waals surface area contributed by atoms with Crippen LogP contribution in [-0.2, 0) is 5.41 Å². The molecule has 0 saturated carbocycles. The van der Waals surface area contributed by atoms with Crippen LogP contribution in [0.4, 0.5) is 0 Å². The third kappa shape index (κ3) is 3.76. The molecular formula is C45H31N3. The van der Waals surface area contributed by atoms with Gasteiger partial charge < -0.3 is 0 Å². The van der Waals surface area contributed by atoms with Crippen LogP contribution in [0.25, 0.3) is 82.9 Å². The van der Waals surface area contributed by atoms with E-state index in [0.29, 0.717) is 5.95 Å². The van der Waals surface area contributed by atoms with Gasteiger partial charge in [-0.05, 0) is 45.3 Å². The topological polar surface area (TPSA) is 30.7 Å². The maximum atomic E-state index is 5.41. The maximum Gasteiger partial charge on any atom is 0.235 e. The third-order valence-corrected chi connectivity index (χ3v) is 10.4. The lowest BCUT2D eigenvalue weighted by molar-refractivity contribution is 0.660. The number of para-hydroxylation sites is 2. The predicted octanol–water partition coefficient (Wildman–Crippen LogP) is 11.5. The molecule has 2 heterocycles. The van der Waals surface area contributed by atoms with Gasteiger partial charge in [-0.2, -0.15) is 0 Å². The van der Waals surface area contributed by atoms with E-state index >= 15 is 0 Å². The van der Waals surface area contributed by atoms with E-state index in [-0.39, 0.29) is 5.41 Å². The second-order valence-electron chi connectivity index (χ2n) is 13.4. The van der Waals surface area contributed by atoms with Gasteiger partial charge in [0.05, 0.1) is 22.2 Å². The summed E-state index contributed by atoms with van der Waals surface area (Å²) >= 11 is 0. The Hall–Kier alpha value is -6.06. The second-order valence-corrected chi connectivity index (χ2v) is 13.4. The van der Waals surface area contributed by atoms with Gasteiger partial charge in [0.1, 0.15) is 0 Å². The highest BCUT2D eigenvalue weighted by Gasteiger charge is 2.35. The van der Waals surface area contributed by atoms with Crippen molar-refractivity contribution >= 4 is 43.5 Å². The molecule has 10 rings (SSSR count). The summed E-state index contributed by atoms with van der Waals surface area (Å²) in [5.74, 6) is 0.670. The van der Waals surface area contributed by atoms with Gasteiger partial charge in [-0.3, -0.25) is 4.57 Å². The average molecular weight is 614 g/mol. The Kier molecular flexibility index (Phi) is 5.63. The van der Waals surface area contributed by atoms with E-state index in [1.54, 1.807) is 0 Å². The molecule has 0 spiro atoms. The van der Waals surface area contributed by atoms with Crippen LogP contribution >= 0.6 is 0 Å². The first-order valence-electron chi connectivity index (χ1n) is 16.6. The molecule has 1 aliphatic carbocycles. The molecule has 0 radical (unpaired) electrons. The Morgan fingerprint density at radius 1 is 0.458 bits per heavy atom. The van der Waals surface area contributed by atoms with Crippen molar-refractivity contribution in [2.45, 2.75) is 19.3 Å². The number of nitrogens with zero attached hydrogens (tertiary/aromatic N) is 3. The molecule has 7 aromatic carbocycles. The van der Waals surface area contributed by atoms with E-state index < -0.39 is 0 Å².